The number of rotatable bonds is 15. The van der Waals surface area contributed by atoms with Crippen LogP contribution < -0.4 is 21.7 Å². The number of nitrogens with one attached hydrogen (secondary N) is 3. The van der Waals surface area contributed by atoms with Gasteiger partial charge < -0.3 is 31.9 Å². The summed E-state index contributed by atoms with van der Waals surface area (Å²) in [7, 11) is 0. The van der Waals surface area contributed by atoms with Crippen LogP contribution in [0.4, 0.5) is 0 Å². The van der Waals surface area contributed by atoms with Crippen LogP contribution in [0, 0.1) is 17.8 Å². The van der Waals surface area contributed by atoms with Crippen LogP contribution in [0.25, 0.3) is 0 Å². The van der Waals surface area contributed by atoms with Gasteiger partial charge in [-0.05, 0) is 24.2 Å². The summed E-state index contributed by atoms with van der Waals surface area (Å²) in [6.07, 6.45) is 0.548. The molecule has 0 aliphatic heterocycles. The first-order valence-corrected chi connectivity index (χ1v) is 11.4. The molecule has 6 atom stereocenters. The van der Waals surface area contributed by atoms with Gasteiger partial charge in [-0.25, -0.2) is 4.79 Å². The average molecular weight is 473 g/mol. The second-order valence-electron chi connectivity index (χ2n) is 8.85. The minimum atomic E-state index is -1.29. The van der Waals surface area contributed by atoms with Gasteiger partial charge in [0, 0.05) is 6.42 Å². The van der Waals surface area contributed by atoms with Crippen LogP contribution in [0.1, 0.15) is 67.2 Å². The Kier molecular flexibility index (Phi) is 13.3. The lowest BCUT2D eigenvalue weighted by atomic mass is 9.95. The Labute approximate surface area is 195 Å². The standard InChI is InChI=1S/C22H40N4O7/c1-7-12(5)16(23)20(30)26-18(13(6)8-2)21(31)24-14(9-10-15(27)28)19(29)25-17(11(3)4)22(32)33/h11-14,16-18H,7-10,23H2,1-6H3,(H,24,31)(H,25,29)(H,26,30)(H,27,28)(H,32,33). The third-order valence-corrected chi connectivity index (χ3v) is 5.86. The average Bonchev–Trinajstić information content (AvgIpc) is 2.75. The van der Waals surface area contributed by atoms with Gasteiger partial charge in [-0.3, -0.25) is 19.2 Å². The summed E-state index contributed by atoms with van der Waals surface area (Å²) >= 11 is 0. The summed E-state index contributed by atoms with van der Waals surface area (Å²) in [5, 5.41) is 25.8. The lowest BCUT2D eigenvalue weighted by Crippen LogP contribution is -2.59. The van der Waals surface area contributed by atoms with Gasteiger partial charge in [-0.15, -0.1) is 0 Å². The second kappa shape index (κ2) is 14.5. The largest absolute Gasteiger partial charge is 0.481 e. The van der Waals surface area contributed by atoms with Crippen LogP contribution in [0.15, 0.2) is 0 Å². The molecule has 0 aromatic heterocycles. The quantitative estimate of drug-likeness (QED) is 0.198. The first-order chi connectivity index (χ1) is 15.3. The van der Waals surface area contributed by atoms with E-state index in [9.17, 15) is 29.1 Å². The molecule has 3 amide bonds. The Morgan fingerprint density at radius 1 is 0.758 bits per heavy atom. The molecule has 0 aliphatic carbocycles. The number of amides is 3. The molecule has 0 saturated heterocycles. The molecule has 0 aromatic carbocycles. The van der Waals surface area contributed by atoms with Crippen LogP contribution in [-0.2, 0) is 24.0 Å². The van der Waals surface area contributed by atoms with Gasteiger partial charge >= 0.3 is 11.9 Å². The highest BCUT2D eigenvalue weighted by Gasteiger charge is 2.33. The molecule has 7 N–H and O–H groups in total. The van der Waals surface area contributed by atoms with E-state index in [-0.39, 0.29) is 18.3 Å². The maximum atomic E-state index is 13.0. The summed E-state index contributed by atoms with van der Waals surface area (Å²) in [4.78, 5) is 60.8. The molecule has 0 spiro atoms. The van der Waals surface area contributed by atoms with E-state index in [1.54, 1.807) is 20.8 Å². The zero-order valence-corrected chi connectivity index (χ0v) is 20.4. The normalized spacial score (nSPS) is 16.6. The number of carboxylic acid groups (broad SMARTS) is 2. The third kappa shape index (κ3) is 10.2. The van der Waals surface area contributed by atoms with E-state index in [0.29, 0.717) is 12.8 Å². The molecule has 11 nitrogen and oxygen atoms in total. The maximum absolute atomic E-state index is 13.0. The predicted octanol–water partition coefficient (Wildman–Crippen LogP) is 0.466. The second-order valence-corrected chi connectivity index (χ2v) is 8.85. The Morgan fingerprint density at radius 3 is 1.70 bits per heavy atom. The van der Waals surface area contributed by atoms with Crippen molar-refractivity contribution in [1.82, 2.24) is 16.0 Å². The highest BCUT2D eigenvalue weighted by molar-refractivity contribution is 5.94. The van der Waals surface area contributed by atoms with E-state index in [4.69, 9.17) is 10.8 Å². The number of carbonyl (C=O) groups is 5. The molecular formula is C22H40N4O7. The molecule has 190 valence electrons. The molecule has 0 radical (unpaired) electrons. The van der Waals surface area contributed by atoms with E-state index < -0.39 is 66.2 Å². The Morgan fingerprint density at radius 2 is 1.27 bits per heavy atom. The van der Waals surface area contributed by atoms with E-state index in [0.717, 1.165) is 0 Å². The van der Waals surface area contributed by atoms with Crippen molar-refractivity contribution in [3.8, 4) is 0 Å². The molecule has 0 aliphatic rings. The van der Waals surface area contributed by atoms with Crippen molar-refractivity contribution in [2.24, 2.45) is 23.5 Å². The van der Waals surface area contributed by atoms with Crippen molar-refractivity contribution >= 4 is 29.7 Å². The number of hydrogen-bond acceptors (Lipinski definition) is 6. The number of aliphatic carboxylic acids is 2. The van der Waals surface area contributed by atoms with E-state index in [1.807, 2.05) is 20.8 Å². The van der Waals surface area contributed by atoms with Crippen molar-refractivity contribution in [2.75, 3.05) is 0 Å². The lowest BCUT2D eigenvalue weighted by Gasteiger charge is -2.29. The zero-order valence-electron chi connectivity index (χ0n) is 20.4. The van der Waals surface area contributed by atoms with Crippen LogP contribution in [0.5, 0.6) is 0 Å². The molecule has 11 heteroatoms. The number of nitrogens with two attached hydrogens (primary N) is 1. The fourth-order valence-corrected chi connectivity index (χ4v) is 3.03. The van der Waals surface area contributed by atoms with Gasteiger partial charge in [-0.1, -0.05) is 54.4 Å². The lowest BCUT2D eigenvalue weighted by molar-refractivity contribution is -0.144. The van der Waals surface area contributed by atoms with Crippen LogP contribution in [0.2, 0.25) is 0 Å². The summed E-state index contributed by atoms with van der Waals surface area (Å²) in [6, 6.07) is -4.32. The topological polar surface area (TPSA) is 188 Å². The zero-order chi connectivity index (χ0) is 25.9. The van der Waals surface area contributed by atoms with Crippen molar-refractivity contribution in [1.29, 1.82) is 0 Å². The van der Waals surface area contributed by atoms with Crippen molar-refractivity contribution in [2.45, 2.75) is 91.4 Å². The minimum Gasteiger partial charge on any atom is -0.481 e. The van der Waals surface area contributed by atoms with Crippen molar-refractivity contribution in [3.63, 3.8) is 0 Å². The fourth-order valence-electron chi connectivity index (χ4n) is 3.03. The molecule has 0 fully saturated rings. The number of carboxylic acids is 2. The third-order valence-electron chi connectivity index (χ3n) is 5.86. The molecule has 0 bridgehead atoms. The highest BCUT2D eigenvalue weighted by Crippen LogP contribution is 2.12. The van der Waals surface area contributed by atoms with Gasteiger partial charge in [0.15, 0.2) is 0 Å². The summed E-state index contributed by atoms with van der Waals surface area (Å²) in [5.74, 6) is -5.24. The van der Waals surface area contributed by atoms with E-state index in [1.165, 1.54) is 0 Å². The summed E-state index contributed by atoms with van der Waals surface area (Å²) in [5.41, 5.74) is 5.97. The smallest absolute Gasteiger partial charge is 0.326 e. The van der Waals surface area contributed by atoms with Crippen molar-refractivity contribution in [3.05, 3.63) is 0 Å². The number of hydrogen-bond donors (Lipinski definition) is 6. The first kappa shape index (κ1) is 30.3. The molecule has 6 unspecified atom stereocenters. The van der Waals surface area contributed by atoms with Crippen LogP contribution in [0.3, 0.4) is 0 Å². The van der Waals surface area contributed by atoms with Gasteiger partial charge in [0.1, 0.15) is 18.1 Å². The molecule has 0 saturated carbocycles. The van der Waals surface area contributed by atoms with Crippen molar-refractivity contribution < 1.29 is 34.2 Å². The minimum absolute atomic E-state index is 0.108. The number of carbonyl (C=O) groups excluding carboxylic acids is 3. The highest BCUT2D eigenvalue weighted by atomic mass is 16.4. The predicted molar refractivity (Wildman–Crippen MR) is 122 cm³/mol. The fraction of sp³-hybridized carbons (Fsp3) is 0.773. The van der Waals surface area contributed by atoms with Crippen LogP contribution in [-0.4, -0.2) is 64.0 Å². The van der Waals surface area contributed by atoms with E-state index in [2.05, 4.69) is 16.0 Å². The Balaban J connectivity index is 5.66. The Bertz CT molecular complexity index is 698. The van der Waals surface area contributed by atoms with Gasteiger partial charge in [0.25, 0.3) is 0 Å². The molecule has 0 aromatic rings. The van der Waals surface area contributed by atoms with Gasteiger partial charge in [0.2, 0.25) is 17.7 Å². The van der Waals surface area contributed by atoms with Crippen LogP contribution >= 0.6 is 0 Å². The molecule has 33 heavy (non-hydrogen) atoms. The summed E-state index contributed by atoms with van der Waals surface area (Å²) in [6.45, 7) is 10.5. The molecular weight excluding hydrogens is 432 g/mol. The molecule has 0 rings (SSSR count). The monoisotopic (exact) mass is 472 g/mol. The first-order valence-electron chi connectivity index (χ1n) is 11.4. The Hall–Kier alpha value is -2.69. The maximum Gasteiger partial charge on any atom is 0.326 e. The van der Waals surface area contributed by atoms with Gasteiger partial charge in [0.05, 0.1) is 6.04 Å². The van der Waals surface area contributed by atoms with E-state index >= 15 is 0 Å². The summed E-state index contributed by atoms with van der Waals surface area (Å²) < 4.78 is 0. The molecule has 0 heterocycles. The SMILES string of the molecule is CCC(C)C(N)C(=O)NC(C(=O)NC(CCC(=O)O)C(=O)NC(C(=O)O)C(C)C)C(C)CC. The van der Waals surface area contributed by atoms with Gasteiger partial charge in [-0.2, -0.15) is 0 Å².